The van der Waals surface area contributed by atoms with Gasteiger partial charge in [0, 0.05) is 13.0 Å². The van der Waals surface area contributed by atoms with Crippen molar-refractivity contribution in [3.63, 3.8) is 0 Å². The number of carbonyl (C=O) groups is 1. The van der Waals surface area contributed by atoms with E-state index in [1.54, 1.807) is 0 Å². The topological polar surface area (TPSA) is 40.5 Å². The van der Waals surface area contributed by atoms with E-state index in [0.717, 1.165) is 12.1 Å². The molecule has 0 saturated carbocycles. The molecule has 0 radical (unpaired) electrons. The normalized spacial score (nSPS) is 20.8. The molecule has 1 saturated heterocycles. The van der Waals surface area contributed by atoms with Crippen LogP contribution in [0.5, 0.6) is 0 Å². The lowest BCUT2D eigenvalue weighted by atomic mass is 9.95. The first-order valence-corrected chi connectivity index (χ1v) is 7.41. The van der Waals surface area contributed by atoms with Crippen molar-refractivity contribution in [2.75, 3.05) is 13.1 Å². The summed E-state index contributed by atoms with van der Waals surface area (Å²) in [5, 5.41) is 10.3. The lowest BCUT2D eigenvalue weighted by Crippen LogP contribution is -2.30. The maximum absolute atomic E-state index is 12.0. The van der Waals surface area contributed by atoms with Crippen LogP contribution in [-0.2, 0) is 4.79 Å². The molecule has 0 aliphatic carbocycles. The van der Waals surface area contributed by atoms with Crippen LogP contribution >= 0.6 is 0 Å². The molecule has 0 spiro atoms. The lowest BCUT2D eigenvalue weighted by Gasteiger charge is -2.22. The van der Waals surface area contributed by atoms with Crippen LogP contribution in [0, 0.1) is 25.7 Å². The Morgan fingerprint density at radius 3 is 2.55 bits per heavy atom. The summed E-state index contributed by atoms with van der Waals surface area (Å²) >= 11 is 0. The first-order valence-electron chi connectivity index (χ1n) is 7.41. The highest BCUT2D eigenvalue weighted by Gasteiger charge is 2.32. The van der Waals surface area contributed by atoms with Gasteiger partial charge in [-0.05, 0) is 42.4 Å². The Morgan fingerprint density at radius 1 is 1.30 bits per heavy atom. The van der Waals surface area contributed by atoms with E-state index in [0.29, 0.717) is 24.8 Å². The first kappa shape index (κ1) is 15.0. The molecule has 20 heavy (non-hydrogen) atoms. The highest BCUT2D eigenvalue weighted by molar-refractivity contribution is 5.78. The third-order valence-electron chi connectivity index (χ3n) is 4.50. The van der Waals surface area contributed by atoms with Crippen LogP contribution in [0.15, 0.2) is 18.2 Å². The van der Waals surface area contributed by atoms with Gasteiger partial charge < -0.3 is 10.0 Å². The first-order chi connectivity index (χ1) is 9.38. The second-order valence-electron chi connectivity index (χ2n) is 6.37. The van der Waals surface area contributed by atoms with Gasteiger partial charge in [-0.15, -0.1) is 0 Å². The number of hydrogen-bond donors (Lipinski definition) is 1. The number of carbonyl (C=O) groups excluding carboxylic acids is 1. The molecule has 1 aromatic carbocycles. The van der Waals surface area contributed by atoms with Crippen LogP contribution in [0.1, 0.15) is 43.1 Å². The van der Waals surface area contributed by atoms with Crippen LogP contribution in [0.3, 0.4) is 0 Å². The van der Waals surface area contributed by atoms with Gasteiger partial charge in [0.05, 0.1) is 12.6 Å². The average Bonchev–Trinajstić information content (AvgIpc) is 2.74. The maximum Gasteiger partial charge on any atom is 0.223 e. The molecule has 1 aliphatic rings. The summed E-state index contributed by atoms with van der Waals surface area (Å²) in [6, 6.07) is 5.99. The minimum Gasteiger partial charge on any atom is -0.387 e. The third kappa shape index (κ3) is 3.21. The van der Waals surface area contributed by atoms with Crippen LogP contribution in [-0.4, -0.2) is 29.0 Å². The number of β-amino-alcohol motifs (C(OH)–C–C–N with tert-alkyl or cyclic N) is 1. The summed E-state index contributed by atoms with van der Waals surface area (Å²) in [6.45, 7) is 9.59. The molecule has 0 aromatic heterocycles. The van der Waals surface area contributed by atoms with Crippen LogP contribution in [0.25, 0.3) is 0 Å². The Hall–Kier alpha value is -1.35. The number of aryl methyl sites for hydroxylation is 2. The second-order valence-corrected chi connectivity index (χ2v) is 6.37. The van der Waals surface area contributed by atoms with Gasteiger partial charge in [-0.1, -0.05) is 32.0 Å². The number of nitrogens with zero attached hydrogens (tertiary/aromatic N) is 1. The molecule has 3 heteroatoms. The number of hydrogen-bond acceptors (Lipinski definition) is 2. The van der Waals surface area contributed by atoms with Gasteiger partial charge >= 0.3 is 0 Å². The van der Waals surface area contributed by atoms with Gasteiger partial charge in [-0.2, -0.15) is 0 Å². The zero-order chi connectivity index (χ0) is 14.9. The molecule has 1 aliphatic heterocycles. The van der Waals surface area contributed by atoms with Gasteiger partial charge in [-0.25, -0.2) is 0 Å². The molecule has 1 aromatic rings. The Bertz CT molecular complexity index is 496. The Labute approximate surface area is 121 Å². The largest absolute Gasteiger partial charge is 0.387 e. The predicted octanol–water partition coefficient (Wildman–Crippen LogP) is 2.84. The Balaban J connectivity index is 2.02. The molecule has 110 valence electrons. The van der Waals surface area contributed by atoms with E-state index < -0.39 is 6.10 Å². The molecule has 2 atom stereocenters. The van der Waals surface area contributed by atoms with Gasteiger partial charge in [-0.3, -0.25) is 4.79 Å². The van der Waals surface area contributed by atoms with Gasteiger partial charge in [0.15, 0.2) is 0 Å². The smallest absolute Gasteiger partial charge is 0.223 e. The molecule has 3 nitrogen and oxygen atoms in total. The van der Waals surface area contributed by atoms with E-state index in [-0.39, 0.29) is 5.91 Å². The quantitative estimate of drug-likeness (QED) is 0.918. The van der Waals surface area contributed by atoms with Crippen molar-refractivity contribution in [1.82, 2.24) is 4.90 Å². The summed E-state index contributed by atoms with van der Waals surface area (Å²) in [4.78, 5) is 13.8. The fourth-order valence-corrected chi connectivity index (χ4v) is 2.71. The third-order valence-corrected chi connectivity index (χ3v) is 4.50. The van der Waals surface area contributed by atoms with E-state index in [1.165, 1.54) is 11.1 Å². The molecular weight excluding hydrogens is 250 g/mol. The summed E-state index contributed by atoms with van der Waals surface area (Å²) in [6.07, 6.45) is 0.0290. The molecule has 0 bridgehead atoms. The van der Waals surface area contributed by atoms with Crippen molar-refractivity contribution in [2.24, 2.45) is 11.8 Å². The van der Waals surface area contributed by atoms with Crippen molar-refractivity contribution >= 4 is 5.91 Å². The maximum atomic E-state index is 12.0. The molecule has 1 N–H and O–H groups in total. The SMILES string of the molecule is Cc1ccc(C(O)CN2CC(C(C)C)CC2=O)cc1C. The summed E-state index contributed by atoms with van der Waals surface area (Å²) in [5.74, 6) is 1.11. The number of likely N-dealkylation sites (tertiary alicyclic amines) is 1. The Kier molecular flexibility index (Phi) is 4.48. The monoisotopic (exact) mass is 275 g/mol. The average molecular weight is 275 g/mol. The van der Waals surface area contributed by atoms with Crippen molar-refractivity contribution in [2.45, 2.75) is 40.2 Å². The van der Waals surface area contributed by atoms with Crippen LogP contribution in [0.4, 0.5) is 0 Å². The lowest BCUT2D eigenvalue weighted by molar-refractivity contribution is -0.129. The highest BCUT2D eigenvalue weighted by Crippen LogP contribution is 2.27. The molecule has 2 rings (SSSR count). The van der Waals surface area contributed by atoms with E-state index in [2.05, 4.69) is 20.8 Å². The molecule has 1 heterocycles. The molecular formula is C17H25NO2. The molecule has 1 fully saturated rings. The minimum atomic E-state index is -0.593. The van der Waals surface area contributed by atoms with Crippen LogP contribution < -0.4 is 0 Å². The summed E-state index contributed by atoms with van der Waals surface area (Å²) in [5.41, 5.74) is 3.29. The number of aliphatic hydroxyl groups excluding tert-OH is 1. The Morgan fingerprint density at radius 2 is 2.00 bits per heavy atom. The van der Waals surface area contributed by atoms with Crippen molar-refractivity contribution in [1.29, 1.82) is 0 Å². The fraction of sp³-hybridized carbons (Fsp3) is 0.588. The minimum absolute atomic E-state index is 0.173. The van der Waals surface area contributed by atoms with Crippen molar-refractivity contribution < 1.29 is 9.90 Å². The zero-order valence-corrected chi connectivity index (χ0v) is 12.9. The van der Waals surface area contributed by atoms with E-state index in [4.69, 9.17) is 0 Å². The fourth-order valence-electron chi connectivity index (χ4n) is 2.71. The summed E-state index contributed by atoms with van der Waals surface area (Å²) < 4.78 is 0. The van der Waals surface area contributed by atoms with E-state index >= 15 is 0 Å². The number of benzene rings is 1. The van der Waals surface area contributed by atoms with Crippen molar-refractivity contribution in [3.8, 4) is 0 Å². The standard InChI is InChI=1S/C17H25NO2/c1-11(2)15-8-17(20)18(9-15)10-16(19)14-6-5-12(3)13(4)7-14/h5-7,11,15-16,19H,8-10H2,1-4H3. The van der Waals surface area contributed by atoms with Crippen LogP contribution in [0.2, 0.25) is 0 Å². The zero-order valence-electron chi connectivity index (χ0n) is 12.9. The summed E-state index contributed by atoms with van der Waals surface area (Å²) in [7, 11) is 0. The van der Waals surface area contributed by atoms with E-state index in [9.17, 15) is 9.90 Å². The van der Waals surface area contributed by atoms with Gasteiger partial charge in [0.2, 0.25) is 5.91 Å². The number of aliphatic hydroxyl groups is 1. The highest BCUT2D eigenvalue weighted by atomic mass is 16.3. The predicted molar refractivity (Wildman–Crippen MR) is 80.4 cm³/mol. The van der Waals surface area contributed by atoms with Gasteiger partial charge in [0.1, 0.15) is 0 Å². The number of rotatable bonds is 4. The van der Waals surface area contributed by atoms with Crippen molar-refractivity contribution in [3.05, 3.63) is 34.9 Å². The van der Waals surface area contributed by atoms with E-state index in [1.807, 2.05) is 30.0 Å². The van der Waals surface area contributed by atoms with Gasteiger partial charge in [0.25, 0.3) is 0 Å². The molecule has 2 unspecified atom stereocenters. The molecule has 1 amide bonds. The second kappa shape index (κ2) is 5.96. The number of amides is 1.